The summed E-state index contributed by atoms with van der Waals surface area (Å²) in [5, 5.41) is 47.6. The number of aliphatic hydroxyl groups is 4. The largest absolute Gasteiger partial charge is 0.508 e. The van der Waals surface area contributed by atoms with Crippen molar-refractivity contribution in [1.82, 2.24) is 0 Å². The standard InChI is InChI=1S/C13H18O7/c14-5-10-12(18)11(17)9(16)6-19-13(20-10)7-1-3-8(15)4-2-7/h1-4,9-18H,5-6H2/t9-,10+,11+,12+,13?/m1/s1. The number of benzene rings is 1. The van der Waals surface area contributed by atoms with Crippen molar-refractivity contribution in [1.29, 1.82) is 0 Å². The Hall–Kier alpha value is -1.22. The van der Waals surface area contributed by atoms with Crippen molar-refractivity contribution < 1.29 is 35.0 Å². The maximum absolute atomic E-state index is 9.83. The predicted molar refractivity (Wildman–Crippen MR) is 66.8 cm³/mol. The third-order valence-electron chi connectivity index (χ3n) is 3.19. The van der Waals surface area contributed by atoms with Gasteiger partial charge < -0.3 is 35.0 Å². The van der Waals surface area contributed by atoms with Crippen molar-refractivity contribution in [3.8, 4) is 5.75 Å². The van der Waals surface area contributed by atoms with Crippen LogP contribution in [0.3, 0.4) is 0 Å². The molecule has 1 aromatic carbocycles. The lowest BCUT2D eigenvalue weighted by Crippen LogP contribution is -2.51. The third kappa shape index (κ3) is 3.26. The van der Waals surface area contributed by atoms with Crippen molar-refractivity contribution in [2.24, 2.45) is 0 Å². The van der Waals surface area contributed by atoms with E-state index in [0.29, 0.717) is 5.56 Å². The number of hydrogen-bond acceptors (Lipinski definition) is 7. The highest BCUT2D eigenvalue weighted by Crippen LogP contribution is 2.27. The number of aliphatic hydroxyl groups excluding tert-OH is 4. The Morgan fingerprint density at radius 2 is 1.70 bits per heavy atom. The first-order valence-electron chi connectivity index (χ1n) is 6.24. The summed E-state index contributed by atoms with van der Waals surface area (Å²) in [5.74, 6) is 0.0776. The minimum Gasteiger partial charge on any atom is -0.508 e. The zero-order valence-corrected chi connectivity index (χ0v) is 10.7. The molecule has 2 rings (SSSR count). The molecule has 1 saturated heterocycles. The minimum atomic E-state index is -1.46. The van der Waals surface area contributed by atoms with Crippen molar-refractivity contribution in [3.63, 3.8) is 0 Å². The van der Waals surface area contributed by atoms with E-state index in [4.69, 9.17) is 9.47 Å². The van der Waals surface area contributed by atoms with Crippen LogP contribution in [0.2, 0.25) is 0 Å². The molecule has 112 valence electrons. The molecule has 0 bridgehead atoms. The summed E-state index contributed by atoms with van der Waals surface area (Å²) in [6.45, 7) is -0.773. The second-order valence-corrected chi connectivity index (χ2v) is 4.66. The van der Waals surface area contributed by atoms with E-state index in [9.17, 15) is 25.5 Å². The maximum atomic E-state index is 9.83. The molecular formula is C13H18O7. The van der Waals surface area contributed by atoms with E-state index in [1.807, 2.05) is 0 Å². The Bertz CT molecular complexity index is 421. The van der Waals surface area contributed by atoms with Gasteiger partial charge in [-0.15, -0.1) is 0 Å². The smallest absolute Gasteiger partial charge is 0.184 e. The van der Waals surface area contributed by atoms with Gasteiger partial charge in [0.15, 0.2) is 6.29 Å². The molecule has 0 amide bonds. The third-order valence-corrected chi connectivity index (χ3v) is 3.19. The van der Waals surface area contributed by atoms with E-state index < -0.39 is 37.3 Å². The lowest BCUT2D eigenvalue weighted by atomic mass is 10.0. The zero-order valence-electron chi connectivity index (χ0n) is 10.7. The van der Waals surface area contributed by atoms with Crippen LogP contribution in [-0.2, 0) is 9.47 Å². The molecule has 1 aromatic rings. The fraction of sp³-hybridized carbons (Fsp3) is 0.538. The van der Waals surface area contributed by atoms with Gasteiger partial charge in [-0.05, 0) is 12.1 Å². The van der Waals surface area contributed by atoms with Crippen molar-refractivity contribution >= 4 is 0 Å². The van der Waals surface area contributed by atoms with E-state index >= 15 is 0 Å². The first kappa shape index (κ1) is 15.2. The number of aromatic hydroxyl groups is 1. The van der Waals surface area contributed by atoms with E-state index in [-0.39, 0.29) is 12.4 Å². The highest BCUT2D eigenvalue weighted by Gasteiger charge is 2.36. The molecule has 0 radical (unpaired) electrons. The van der Waals surface area contributed by atoms with Crippen LogP contribution in [-0.4, -0.2) is 63.2 Å². The van der Waals surface area contributed by atoms with Gasteiger partial charge in [0.1, 0.15) is 30.2 Å². The molecule has 1 aliphatic rings. The van der Waals surface area contributed by atoms with Crippen LogP contribution in [0.15, 0.2) is 24.3 Å². The lowest BCUT2D eigenvalue weighted by Gasteiger charge is -2.34. The summed E-state index contributed by atoms with van der Waals surface area (Å²) in [6.07, 6.45) is -6.21. The summed E-state index contributed by atoms with van der Waals surface area (Å²) in [6, 6.07) is 6.00. The number of hydrogen-bond donors (Lipinski definition) is 5. The van der Waals surface area contributed by atoms with Crippen LogP contribution in [0.4, 0.5) is 0 Å². The second kappa shape index (κ2) is 6.49. The van der Waals surface area contributed by atoms with Crippen LogP contribution in [0.25, 0.3) is 0 Å². The Morgan fingerprint density at radius 1 is 1.05 bits per heavy atom. The Kier molecular flexibility index (Phi) is 4.92. The molecule has 0 spiro atoms. The lowest BCUT2D eigenvalue weighted by molar-refractivity contribution is -0.256. The van der Waals surface area contributed by atoms with Gasteiger partial charge in [-0.3, -0.25) is 0 Å². The van der Waals surface area contributed by atoms with E-state index in [1.54, 1.807) is 12.1 Å². The van der Waals surface area contributed by atoms with Gasteiger partial charge in [0.05, 0.1) is 13.2 Å². The van der Waals surface area contributed by atoms with Gasteiger partial charge in [0.25, 0.3) is 0 Å². The SMILES string of the molecule is OC[C@@H]1OC(c2ccc(O)cc2)OC[C@@H](O)[C@H](O)[C@H]1O. The van der Waals surface area contributed by atoms with Gasteiger partial charge in [-0.1, -0.05) is 12.1 Å². The molecule has 0 aromatic heterocycles. The topological polar surface area (TPSA) is 120 Å². The van der Waals surface area contributed by atoms with E-state index in [2.05, 4.69) is 0 Å². The van der Waals surface area contributed by atoms with Gasteiger partial charge in [0.2, 0.25) is 0 Å². The molecule has 1 unspecified atom stereocenters. The summed E-state index contributed by atoms with van der Waals surface area (Å²) >= 11 is 0. The van der Waals surface area contributed by atoms with Gasteiger partial charge >= 0.3 is 0 Å². The molecule has 1 aliphatic heterocycles. The normalized spacial score (nSPS) is 35.3. The summed E-state index contributed by atoms with van der Waals surface area (Å²) in [5.41, 5.74) is 0.553. The number of rotatable bonds is 2. The van der Waals surface area contributed by atoms with Crippen LogP contribution in [0, 0.1) is 0 Å². The second-order valence-electron chi connectivity index (χ2n) is 4.66. The molecular weight excluding hydrogens is 268 g/mol. The highest BCUT2D eigenvalue weighted by molar-refractivity contribution is 5.26. The Balaban J connectivity index is 2.19. The molecule has 20 heavy (non-hydrogen) atoms. The summed E-state index contributed by atoms with van der Waals surface area (Å²) < 4.78 is 10.8. The van der Waals surface area contributed by atoms with Crippen LogP contribution < -0.4 is 0 Å². The van der Waals surface area contributed by atoms with Crippen LogP contribution in [0.1, 0.15) is 11.9 Å². The molecule has 1 fully saturated rings. The zero-order chi connectivity index (χ0) is 14.7. The monoisotopic (exact) mass is 286 g/mol. The van der Waals surface area contributed by atoms with Gasteiger partial charge in [-0.25, -0.2) is 0 Å². The molecule has 7 nitrogen and oxygen atoms in total. The Labute approximate surface area is 115 Å². The van der Waals surface area contributed by atoms with Crippen LogP contribution in [0.5, 0.6) is 5.75 Å². The number of ether oxygens (including phenoxy) is 2. The quantitative estimate of drug-likeness (QED) is 0.467. The molecule has 0 saturated carbocycles. The highest BCUT2D eigenvalue weighted by atomic mass is 16.7. The van der Waals surface area contributed by atoms with E-state index in [1.165, 1.54) is 12.1 Å². The minimum absolute atomic E-state index is 0.0776. The molecule has 7 heteroatoms. The molecule has 1 heterocycles. The average molecular weight is 286 g/mol. The molecule has 5 N–H and O–H groups in total. The van der Waals surface area contributed by atoms with Crippen molar-refractivity contribution in [2.45, 2.75) is 30.7 Å². The van der Waals surface area contributed by atoms with Gasteiger partial charge in [-0.2, -0.15) is 0 Å². The predicted octanol–water partition coefficient (Wildman–Crippen LogP) is -1.12. The number of phenolic OH excluding ortho intramolecular Hbond substituents is 1. The van der Waals surface area contributed by atoms with Crippen molar-refractivity contribution in [2.75, 3.05) is 13.2 Å². The Morgan fingerprint density at radius 3 is 2.30 bits per heavy atom. The summed E-state index contributed by atoms with van der Waals surface area (Å²) in [7, 11) is 0. The van der Waals surface area contributed by atoms with E-state index in [0.717, 1.165) is 0 Å². The first-order valence-corrected chi connectivity index (χ1v) is 6.24. The fourth-order valence-corrected chi connectivity index (χ4v) is 1.97. The summed E-state index contributed by atoms with van der Waals surface area (Å²) in [4.78, 5) is 0. The first-order chi connectivity index (χ1) is 9.52. The average Bonchev–Trinajstić information content (AvgIpc) is 2.46. The molecule has 0 aliphatic carbocycles. The fourth-order valence-electron chi connectivity index (χ4n) is 1.97. The maximum Gasteiger partial charge on any atom is 0.184 e. The molecule has 5 atom stereocenters. The van der Waals surface area contributed by atoms with Gasteiger partial charge in [0, 0.05) is 5.56 Å². The number of phenols is 1. The van der Waals surface area contributed by atoms with Crippen molar-refractivity contribution in [3.05, 3.63) is 29.8 Å². The van der Waals surface area contributed by atoms with Crippen LogP contribution >= 0.6 is 0 Å².